The third-order valence-electron chi connectivity index (χ3n) is 5.56. The molecule has 4 rings (SSSR count). The number of carbonyl (C=O) groups excluding carboxylic acids is 1. The number of carboxylic acid groups (broad SMARTS) is 1. The van der Waals surface area contributed by atoms with E-state index in [0.29, 0.717) is 17.7 Å². The van der Waals surface area contributed by atoms with Crippen molar-refractivity contribution in [2.45, 2.75) is 37.7 Å². The van der Waals surface area contributed by atoms with Gasteiger partial charge in [-0.3, -0.25) is 9.79 Å². The number of likely N-dealkylation sites (tertiary alicyclic amines) is 1. The molecule has 1 fully saturated rings. The van der Waals surface area contributed by atoms with Gasteiger partial charge in [-0.2, -0.15) is 0 Å². The number of fused-ring (bicyclic) bond motifs is 1. The number of nitrogens with two attached hydrogens (primary N) is 1. The first-order chi connectivity index (χ1) is 14.1. The third kappa shape index (κ3) is 3.55. The molecule has 1 saturated heterocycles. The fourth-order valence-corrected chi connectivity index (χ4v) is 3.84. The van der Waals surface area contributed by atoms with Crippen molar-refractivity contribution < 1.29 is 34.1 Å². The van der Waals surface area contributed by atoms with Gasteiger partial charge in [0.1, 0.15) is 23.0 Å². The highest BCUT2D eigenvalue weighted by Crippen LogP contribution is 2.39. The number of hydrogen-bond donors (Lipinski definition) is 4. The molecule has 0 saturated carbocycles. The van der Waals surface area contributed by atoms with Crippen molar-refractivity contribution in [2.75, 3.05) is 13.1 Å². The zero-order chi connectivity index (χ0) is 21.7. The van der Waals surface area contributed by atoms with Gasteiger partial charge in [0.2, 0.25) is 5.91 Å². The van der Waals surface area contributed by atoms with Crippen LogP contribution in [-0.2, 0) is 11.2 Å². The molecule has 0 radical (unpaired) electrons. The number of allylic oxidation sites excluding steroid dienone is 1. The molecule has 10 nitrogen and oxygen atoms in total. The summed E-state index contributed by atoms with van der Waals surface area (Å²) in [7, 11) is 0. The highest BCUT2D eigenvalue weighted by atomic mass is 16.6. The van der Waals surface area contributed by atoms with Gasteiger partial charge in [0.25, 0.3) is 0 Å². The number of aryl methyl sites for hydroxylation is 1. The molecule has 1 unspecified atom stereocenters. The number of ether oxygens (including phenoxy) is 1. The van der Waals surface area contributed by atoms with Crippen LogP contribution in [0.1, 0.15) is 29.3 Å². The monoisotopic (exact) mass is 416 g/mol. The van der Waals surface area contributed by atoms with E-state index in [1.54, 1.807) is 19.2 Å². The van der Waals surface area contributed by atoms with Gasteiger partial charge in [0.05, 0.1) is 24.5 Å². The number of aromatic carboxylic acids is 1. The van der Waals surface area contributed by atoms with E-state index in [2.05, 4.69) is 4.99 Å². The topological polar surface area (TPSA) is 155 Å². The molecule has 1 aromatic carbocycles. The molecular formula is C19H23BN3O7-. The molecule has 11 heteroatoms. The number of hydrogen-bond acceptors (Lipinski definition) is 8. The van der Waals surface area contributed by atoms with Crippen molar-refractivity contribution >= 4 is 24.8 Å². The lowest BCUT2D eigenvalue weighted by Crippen LogP contribution is -2.64. The van der Waals surface area contributed by atoms with Gasteiger partial charge in [-0.1, -0.05) is 18.5 Å². The van der Waals surface area contributed by atoms with Gasteiger partial charge in [0.15, 0.2) is 0 Å². The summed E-state index contributed by atoms with van der Waals surface area (Å²) in [5.41, 5.74) is 5.77. The molecular weight excluding hydrogens is 393 g/mol. The predicted molar refractivity (Wildman–Crippen MR) is 108 cm³/mol. The zero-order valence-electron chi connectivity index (χ0n) is 16.4. The first-order valence-corrected chi connectivity index (χ1v) is 9.75. The third-order valence-corrected chi connectivity index (χ3v) is 5.56. The lowest BCUT2D eigenvalue weighted by atomic mass is 9.70. The summed E-state index contributed by atoms with van der Waals surface area (Å²) >= 11 is 0. The fourth-order valence-electron chi connectivity index (χ4n) is 3.84. The van der Waals surface area contributed by atoms with Crippen LogP contribution in [0.5, 0.6) is 11.5 Å². The van der Waals surface area contributed by atoms with Crippen LogP contribution < -0.4 is 15.1 Å². The molecule has 30 heavy (non-hydrogen) atoms. The largest absolute Gasteiger partial charge is 0.669 e. The van der Waals surface area contributed by atoms with Crippen molar-refractivity contribution in [3.8, 4) is 11.5 Å². The summed E-state index contributed by atoms with van der Waals surface area (Å²) in [4.78, 5) is 30.2. The standard InChI is InChI=1S/C19H23BN3O7/c1-19(21,14-3-2-8-22-14)18(26)23-9-12(10-23)29-13-5-4-11-6-7-20(27,28)30-16(11)15(13)17(24)25/h3-5,8,12,27-28H,2,6-7,9-10,21H2,1H3,(H,24,25)/q-1. The SMILES string of the molecule is CC(N)(C(=O)N1CC(Oc2ccc3c(c2C(=O)O)O[B-](O)(O)CC3)C1)C1=CCC=N1. The van der Waals surface area contributed by atoms with E-state index < -0.39 is 24.4 Å². The first-order valence-electron chi connectivity index (χ1n) is 9.75. The first kappa shape index (κ1) is 20.4. The maximum Gasteiger partial charge on any atom is 0.430 e. The summed E-state index contributed by atoms with van der Waals surface area (Å²) in [6, 6.07) is 3.17. The summed E-state index contributed by atoms with van der Waals surface area (Å²) in [6.45, 7) is -1.01. The maximum absolute atomic E-state index is 12.7. The number of benzene rings is 1. The molecule has 160 valence electrons. The number of amides is 1. The van der Waals surface area contributed by atoms with Gasteiger partial charge in [-0.15, -0.1) is 0 Å². The van der Waals surface area contributed by atoms with E-state index >= 15 is 0 Å². The summed E-state index contributed by atoms with van der Waals surface area (Å²) in [5, 5.41) is 29.3. The normalized spacial score (nSPS) is 21.7. The van der Waals surface area contributed by atoms with Gasteiger partial charge >= 0.3 is 12.7 Å². The Kier molecular flexibility index (Phi) is 4.84. The number of nitrogens with zero attached hydrogens (tertiary/aromatic N) is 2. The van der Waals surface area contributed by atoms with Gasteiger partial charge < -0.3 is 35.2 Å². The van der Waals surface area contributed by atoms with Crippen LogP contribution in [0, 0.1) is 0 Å². The van der Waals surface area contributed by atoms with Crippen LogP contribution in [0.2, 0.25) is 6.32 Å². The second-order valence-corrected chi connectivity index (χ2v) is 8.04. The summed E-state index contributed by atoms with van der Waals surface area (Å²) in [6.07, 6.45) is 3.98. The highest BCUT2D eigenvalue weighted by Gasteiger charge is 2.43. The second-order valence-electron chi connectivity index (χ2n) is 8.04. The summed E-state index contributed by atoms with van der Waals surface area (Å²) < 4.78 is 11.0. The van der Waals surface area contributed by atoms with E-state index in [9.17, 15) is 24.7 Å². The molecule has 1 amide bonds. The van der Waals surface area contributed by atoms with E-state index in [0.717, 1.165) is 0 Å². The lowest BCUT2D eigenvalue weighted by molar-refractivity contribution is -0.144. The Balaban J connectivity index is 1.47. The highest BCUT2D eigenvalue weighted by molar-refractivity contribution is 6.59. The summed E-state index contributed by atoms with van der Waals surface area (Å²) in [5.74, 6) is -1.63. The fraction of sp³-hybridized carbons (Fsp3) is 0.421. The quantitative estimate of drug-likeness (QED) is 0.486. The average molecular weight is 416 g/mol. The predicted octanol–water partition coefficient (Wildman–Crippen LogP) is -0.0914. The number of rotatable bonds is 5. The van der Waals surface area contributed by atoms with Crippen molar-refractivity contribution in [1.82, 2.24) is 4.90 Å². The Morgan fingerprint density at radius 3 is 2.73 bits per heavy atom. The van der Waals surface area contributed by atoms with Crippen LogP contribution in [0.3, 0.4) is 0 Å². The Labute approximate surface area is 172 Å². The molecule has 3 aliphatic heterocycles. The second kappa shape index (κ2) is 7.12. The van der Waals surface area contributed by atoms with Crippen molar-refractivity contribution in [1.29, 1.82) is 0 Å². The zero-order valence-corrected chi connectivity index (χ0v) is 16.4. The minimum Gasteiger partial charge on any atom is -0.669 e. The van der Waals surface area contributed by atoms with Crippen LogP contribution in [0.25, 0.3) is 0 Å². The lowest BCUT2D eigenvalue weighted by Gasteiger charge is -2.43. The van der Waals surface area contributed by atoms with Crippen LogP contribution in [0.4, 0.5) is 0 Å². The van der Waals surface area contributed by atoms with Crippen LogP contribution in [0.15, 0.2) is 28.9 Å². The average Bonchev–Trinajstić information content (AvgIpc) is 3.17. The maximum atomic E-state index is 12.7. The van der Waals surface area contributed by atoms with E-state index in [4.69, 9.17) is 15.1 Å². The minimum atomic E-state index is -3.11. The molecule has 3 aliphatic rings. The van der Waals surface area contributed by atoms with E-state index in [1.165, 1.54) is 11.0 Å². The molecule has 0 aromatic heterocycles. The van der Waals surface area contributed by atoms with E-state index in [1.807, 2.05) is 6.08 Å². The van der Waals surface area contributed by atoms with Crippen molar-refractivity contribution in [3.63, 3.8) is 0 Å². The van der Waals surface area contributed by atoms with E-state index in [-0.39, 0.29) is 48.8 Å². The number of aliphatic imine (C=N–C) groups is 1. The smallest absolute Gasteiger partial charge is 0.430 e. The minimum absolute atomic E-state index is 0.00963. The molecule has 0 bridgehead atoms. The Morgan fingerprint density at radius 1 is 1.37 bits per heavy atom. The molecule has 5 N–H and O–H groups in total. The molecule has 1 atom stereocenters. The Hall–Kier alpha value is -2.89. The number of carbonyl (C=O) groups is 2. The molecule has 0 spiro atoms. The molecule has 1 aromatic rings. The van der Waals surface area contributed by atoms with Crippen molar-refractivity contribution in [3.05, 3.63) is 35.0 Å². The molecule has 0 aliphatic carbocycles. The van der Waals surface area contributed by atoms with Crippen LogP contribution in [-0.4, -0.2) is 69.6 Å². The Bertz CT molecular complexity index is 967. The van der Waals surface area contributed by atoms with Crippen LogP contribution >= 0.6 is 0 Å². The Morgan fingerprint density at radius 2 is 2.10 bits per heavy atom. The van der Waals surface area contributed by atoms with Gasteiger partial charge in [-0.05, 0) is 25.0 Å². The van der Waals surface area contributed by atoms with Gasteiger partial charge in [-0.25, -0.2) is 4.79 Å². The number of carboxylic acids is 1. The molecule has 3 heterocycles. The van der Waals surface area contributed by atoms with Gasteiger partial charge in [0, 0.05) is 12.6 Å². The van der Waals surface area contributed by atoms with Crippen molar-refractivity contribution in [2.24, 2.45) is 10.7 Å².